The molecule has 0 unspecified atom stereocenters. The number of rotatable bonds is 3. The summed E-state index contributed by atoms with van der Waals surface area (Å²) in [5.74, 6) is 1.31. The highest BCUT2D eigenvalue weighted by atomic mass is 16.5. The highest BCUT2D eigenvalue weighted by molar-refractivity contribution is 6.10. The van der Waals surface area contributed by atoms with Crippen molar-refractivity contribution in [2.24, 2.45) is 5.92 Å². The Morgan fingerprint density at radius 1 is 1.25 bits per heavy atom. The summed E-state index contributed by atoms with van der Waals surface area (Å²) in [4.78, 5) is 16.2. The molecule has 0 atom stereocenters. The molecule has 1 heterocycles. The number of H-pyrrole nitrogens is 1. The van der Waals surface area contributed by atoms with Crippen LogP contribution in [0.4, 0.5) is 0 Å². The molecule has 0 radical (unpaired) electrons. The summed E-state index contributed by atoms with van der Waals surface area (Å²) >= 11 is 0. The highest BCUT2D eigenvalue weighted by Gasteiger charge is 2.26. The average Bonchev–Trinajstić information content (AvgIpc) is 2.82. The smallest absolute Gasteiger partial charge is 0.168 e. The van der Waals surface area contributed by atoms with Crippen molar-refractivity contribution in [1.29, 1.82) is 0 Å². The number of fused-ring (bicyclic) bond motifs is 1. The number of hydrogen-bond acceptors (Lipinski definition) is 2. The lowest BCUT2D eigenvalue weighted by Crippen LogP contribution is -2.18. The van der Waals surface area contributed by atoms with Crippen LogP contribution in [-0.2, 0) is 0 Å². The minimum Gasteiger partial charge on any atom is -0.497 e. The Balaban J connectivity index is 2.04. The highest BCUT2D eigenvalue weighted by Crippen LogP contribution is 2.32. The maximum Gasteiger partial charge on any atom is 0.168 e. The largest absolute Gasteiger partial charge is 0.497 e. The number of aryl methyl sites for hydroxylation is 1. The quantitative estimate of drug-likeness (QED) is 0.848. The Labute approximate surface area is 119 Å². The van der Waals surface area contributed by atoms with Gasteiger partial charge in [-0.05, 0) is 38.0 Å². The number of aromatic nitrogens is 1. The van der Waals surface area contributed by atoms with Crippen molar-refractivity contribution in [2.75, 3.05) is 7.11 Å². The fourth-order valence-corrected chi connectivity index (χ4v) is 3.32. The number of carbonyl (C=O) groups excluding carboxylic acids is 1. The standard InChI is InChI=1S/C17H21NO2/c1-11-16(17(19)12-6-4-3-5-7-12)14-10-13(20-2)8-9-15(14)18-11/h8-10,12,18H,3-7H2,1-2H3. The van der Waals surface area contributed by atoms with E-state index in [0.717, 1.165) is 40.8 Å². The molecular formula is C17H21NO2. The number of Topliss-reactive ketones (excluding diaryl/α,β-unsaturated/α-hetero) is 1. The number of benzene rings is 1. The van der Waals surface area contributed by atoms with Crippen LogP contribution in [-0.4, -0.2) is 17.9 Å². The van der Waals surface area contributed by atoms with Gasteiger partial charge in [-0.1, -0.05) is 19.3 Å². The Hall–Kier alpha value is -1.77. The Morgan fingerprint density at radius 3 is 2.70 bits per heavy atom. The van der Waals surface area contributed by atoms with Crippen LogP contribution in [0.5, 0.6) is 5.75 Å². The van der Waals surface area contributed by atoms with Gasteiger partial charge in [0.25, 0.3) is 0 Å². The summed E-state index contributed by atoms with van der Waals surface area (Å²) in [6.45, 7) is 1.99. The predicted octanol–water partition coefficient (Wildman–Crippen LogP) is 4.25. The van der Waals surface area contributed by atoms with Crippen molar-refractivity contribution in [3.05, 3.63) is 29.5 Å². The SMILES string of the molecule is COc1ccc2[nH]c(C)c(C(=O)C3CCCCC3)c2c1. The van der Waals surface area contributed by atoms with Crippen LogP contribution in [0.3, 0.4) is 0 Å². The Kier molecular flexibility index (Phi) is 3.51. The van der Waals surface area contributed by atoms with Gasteiger partial charge in [0.05, 0.1) is 7.11 Å². The molecule has 0 aliphatic heterocycles. The maximum atomic E-state index is 12.8. The second kappa shape index (κ2) is 5.31. The third-order valence-electron chi connectivity index (χ3n) is 4.42. The van der Waals surface area contributed by atoms with E-state index in [4.69, 9.17) is 4.74 Å². The molecule has 3 rings (SSSR count). The van der Waals surface area contributed by atoms with Crippen LogP contribution in [0.15, 0.2) is 18.2 Å². The molecule has 1 saturated carbocycles. The van der Waals surface area contributed by atoms with Crippen LogP contribution in [0.25, 0.3) is 10.9 Å². The number of ketones is 1. The van der Waals surface area contributed by atoms with Crippen molar-refractivity contribution >= 4 is 16.7 Å². The second-order valence-electron chi connectivity index (χ2n) is 5.74. The fourth-order valence-electron chi connectivity index (χ4n) is 3.32. The first-order chi connectivity index (χ1) is 9.70. The molecule has 2 aromatic rings. The van der Waals surface area contributed by atoms with Crippen LogP contribution in [0.2, 0.25) is 0 Å². The van der Waals surface area contributed by atoms with Gasteiger partial charge in [0, 0.05) is 28.1 Å². The maximum absolute atomic E-state index is 12.8. The normalized spacial score (nSPS) is 16.5. The number of hydrogen-bond donors (Lipinski definition) is 1. The van der Waals surface area contributed by atoms with Crippen LogP contribution < -0.4 is 4.74 Å². The van der Waals surface area contributed by atoms with E-state index in [0.29, 0.717) is 5.78 Å². The monoisotopic (exact) mass is 271 g/mol. The van der Waals surface area contributed by atoms with E-state index in [-0.39, 0.29) is 5.92 Å². The molecule has 3 heteroatoms. The number of methoxy groups -OCH3 is 1. The molecule has 3 nitrogen and oxygen atoms in total. The summed E-state index contributed by atoms with van der Waals surface area (Å²) in [5.41, 5.74) is 2.86. The van der Waals surface area contributed by atoms with Crippen molar-refractivity contribution in [3.8, 4) is 5.75 Å². The van der Waals surface area contributed by atoms with Gasteiger partial charge in [0.15, 0.2) is 5.78 Å². The van der Waals surface area contributed by atoms with E-state index in [2.05, 4.69) is 4.98 Å². The van der Waals surface area contributed by atoms with Gasteiger partial charge in [-0.25, -0.2) is 0 Å². The number of ether oxygens (including phenoxy) is 1. The third-order valence-corrected chi connectivity index (χ3v) is 4.42. The summed E-state index contributed by atoms with van der Waals surface area (Å²) in [6.07, 6.45) is 5.70. The Morgan fingerprint density at radius 2 is 2.00 bits per heavy atom. The van der Waals surface area contributed by atoms with Crippen molar-refractivity contribution < 1.29 is 9.53 Å². The van der Waals surface area contributed by atoms with Crippen LogP contribution in [0, 0.1) is 12.8 Å². The molecule has 0 spiro atoms. The molecule has 1 aliphatic rings. The molecule has 1 aromatic heterocycles. The molecule has 0 saturated heterocycles. The lowest BCUT2D eigenvalue weighted by molar-refractivity contribution is 0.0890. The molecule has 20 heavy (non-hydrogen) atoms. The average molecular weight is 271 g/mol. The first-order valence-electron chi connectivity index (χ1n) is 7.41. The molecule has 0 amide bonds. The van der Waals surface area contributed by atoms with Crippen molar-refractivity contribution in [2.45, 2.75) is 39.0 Å². The number of nitrogens with one attached hydrogen (secondary N) is 1. The minimum absolute atomic E-state index is 0.202. The summed E-state index contributed by atoms with van der Waals surface area (Å²) < 4.78 is 5.29. The molecular weight excluding hydrogens is 250 g/mol. The van der Waals surface area contributed by atoms with Crippen molar-refractivity contribution in [1.82, 2.24) is 4.98 Å². The predicted molar refractivity (Wildman–Crippen MR) is 80.5 cm³/mol. The van der Waals surface area contributed by atoms with Gasteiger partial charge >= 0.3 is 0 Å². The Bertz CT molecular complexity index is 636. The lowest BCUT2D eigenvalue weighted by Gasteiger charge is -2.20. The van der Waals surface area contributed by atoms with Gasteiger partial charge in [-0.15, -0.1) is 0 Å². The molecule has 1 N–H and O–H groups in total. The summed E-state index contributed by atoms with van der Waals surface area (Å²) in [7, 11) is 1.66. The minimum atomic E-state index is 0.202. The van der Waals surface area contributed by atoms with Gasteiger partial charge < -0.3 is 9.72 Å². The number of carbonyl (C=O) groups is 1. The molecule has 106 valence electrons. The van der Waals surface area contributed by atoms with Crippen LogP contribution >= 0.6 is 0 Å². The van der Waals surface area contributed by atoms with E-state index < -0.39 is 0 Å². The molecule has 1 fully saturated rings. The van der Waals surface area contributed by atoms with E-state index >= 15 is 0 Å². The first kappa shape index (κ1) is 13.2. The van der Waals surface area contributed by atoms with Gasteiger partial charge in [0.1, 0.15) is 5.75 Å². The van der Waals surface area contributed by atoms with Gasteiger partial charge in [-0.3, -0.25) is 4.79 Å². The van der Waals surface area contributed by atoms with Crippen molar-refractivity contribution in [3.63, 3.8) is 0 Å². The van der Waals surface area contributed by atoms with E-state index in [1.807, 2.05) is 25.1 Å². The molecule has 1 aromatic carbocycles. The zero-order valence-corrected chi connectivity index (χ0v) is 12.2. The lowest BCUT2D eigenvalue weighted by atomic mass is 9.83. The van der Waals surface area contributed by atoms with Gasteiger partial charge in [-0.2, -0.15) is 0 Å². The summed E-state index contributed by atoms with van der Waals surface area (Å²) in [5, 5.41) is 0.998. The summed E-state index contributed by atoms with van der Waals surface area (Å²) in [6, 6.07) is 5.88. The molecule has 0 bridgehead atoms. The number of aromatic amines is 1. The van der Waals surface area contributed by atoms with E-state index in [1.165, 1.54) is 19.3 Å². The zero-order chi connectivity index (χ0) is 14.1. The fraction of sp³-hybridized carbons (Fsp3) is 0.471. The zero-order valence-electron chi connectivity index (χ0n) is 12.2. The van der Waals surface area contributed by atoms with Gasteiger partial charge in [0.2, 0.25) is 0 Å². The second-order valence-corrected chi connectivity index (χ2v) is 5.74. The molecule has 1 aliphatic carbocycles. The van der Waals surface area contributed by atoms with E-state index in [9.17, 15) is 4.79 Å². The topological polar surface area (TPSA) is 42.1 Å². The first-order valence-corrected chi connectivity index (χ1v) is 7.41. The van der Waals surface area contributed by atoms with Crippen LogP contribution in [0.1, 0.15) is 48.2 Å². The van der Waals surface area contributed by atoms with E-state index in [1.54, 1.807) is 7.11 Å². The third kappa shape index (κ3) is 2.21.